The van der Waals surface area contributed by atoms with Gasteiger partial charge in [-0.25, -0.2) is 0 Å². The minimum absolute atomic E-state index is 0.0825. The van der Waals surface area contributed by atoms with Crippen LogP contribution in [0.5, 0.6) is 5.75 Å². The van der Waals surface area contributed by atoms with Crippen molar-refractivity contribution in [3.05, 3.63) is 82.0 Å². The number of carbonyl (C=O) groups is 1. The number of thiophene rings is 1. The molecule has 0 saturated heterocycles. The highest BCUT2D eigenvalue weighted by molar-refractivity contribution is 7.10. The number of amides is 1. The molecule has 126 valence electrons. The normalized spacial score (nSPS) is 16.2. The second-order valence-electron chi connectivity index (χ2n) is 6.16. The van der Waals surface area contributed by atoms with Gasteiger partial charge >= 0.3 is 0 Å². The molecule has 1 N–H and O–H groups in total. The Bertz CT molecular complexity index is 855. The van der Waals surface area contributed by atoms with Crippen LogP contribution in [-0.4, -0.2) is 12.5 Å². The minimum Gasteiger partial charge on any atom is -0.493 e. The van der Waals surface area contributed by atoms with Gasteiger partial charge in [-0.15, -0.1) is 11.3 Å². The van der Waals surface area contributed by atoms with Crippen molar-refractivity contribution < 1.29 is 9.53 Å². The fourth-order valence-electron chi connectivity index (χ4n) is 3.17. The summed E-state index contributed by atoms with van der Waals surface area (Å²) >= 11 is 1.70. The predicted octanol–water partition coefficient (Wildman–Crippen LogP) is 4.84. The van der Waals surface area contributed by atoms with Crippen LogP contribution in [-0.2, 0) is 11.2 Å². The molecule has 25 heavy (non-hydrogen) atoms. The van der Waals surface area contributed by atoms with Crippen LogP contribution in [0.25, 0.3) is 0 Å². The molecule has 0 radical (unpaired) electrons. The van der Waals surface area contributed by atoms with Gasteiger partial charge in [0.05, 0.1) is 12.3 Å². The molecule has 2 heterocycles. The van der Waals surface area contributed by atoms with E-state index in [2.05, 4.69) is 29.6 Å². The molecule has 0 spiro atoms. The van der Waals surface area contributed by atoms with Crippen LogP contribution in [0.4, 0.5) is 5.69 Å². The van der Waals surface area contributed by atoms with Gasteiger partial charge < -0.3 is 10.1 Å². The van der Waals surface area contributed by atoms with Crippen LogP contribution < -0.4 is 10.1 Å². The molecule has 0 fully saturated rings. The number of anilines is 1. The second-order valence-corrected chi connectivity index (χ2v) is 7.10. The first-order chi connectivity index (χ1) is 12.3. The molecule has 0 aliphatic carbocycles. The average Bonchev–Trinajstić information content (AvgIpc) is 3.11. The molecule has 0 bridgehead atoms. The number of hydrogen-bond acceptors (Lipinski definition) is 3. The van der Waals surface area contributed by atoms with Crippen LogP contribution in [0.15, 0.2) is 66.0 Å². The Morgan fingerprint density at radius 3 is 2.64 bits per heavy atom. The number of ether oxygens (including phenoxy) is 1. The number of fused-ring (bicyclic) bond motifs is 1. The second kappa shape index (κ2) is 7.11. The van der Waals surface area contributed by atoms with Crippen molar-refractivity contribution in [2.45, 2.75) is 18.8 Å². The Balaban J connectivity index is 1.42. The third-order valence-electron chi connectivity index (χ3n) is 4.46. The zero-order valence-corrected chi connectivity index (χ0v) is 14.6. The molecule has 1 aromatic heterocycles. The van der Waals surface area contributed by atoms with E-state index in [4.69, 9.17) is 4.74 Å². The van der Waals surface area contributed by atoms with Crippen molar-refractivity contribution in [2.24, 2.45) is 0 Å². The number of nitrogens with one attached hydrogen (secondary N) is 1. The quantitative estimate of drug-likeness (QED) is 0.715. The lowest BCUT2D eigenvalue weighted by Gasteiger charge is -2.23. The Kier molecular flexibility index (Phi) is 4.53. The summed E-state index contributed by atoms with van der Waals surface area (Å²) in [6.07, 6.45) is 1.39. The molecule has 3 nitrogen and oxygen atoms in total. The molecular formula is C21H19NO2S. The van der Waals surface area contributed by atoms with E-state index in [0.29, 0.717) is 13.0 Å². The molecule has 1 amide bonds. The first-order valence-electron chi connectivity index (χ1n) is 8.43. The van der Waals surface area contributed by atoms with E-state index in [9.17, 15) is 4.79 Å². The van der Waals surface area contributed by atoms with Gasteiger partial charge in [0.15, 0.2) is 0 Å². The fraction of sp³-hybridized carbons (Fsp3) is 0.190. The standard InChI is InChI=1S/C21H19NO2S/c23-20-14-18(21-19(22-20)11-13-25-21)16-6-8-17(9-7-16)24-12-10-15-4-2-1-3-5-15/h1-9,11,13,18H,10,12,14H2,(H,22,23)/t18-/m0/s1. The number of carbonyl (C=O) groups excluding carboxylic acids is 1. The van der Waals surface area contributed by atoms with E-state index in [0.717, 1.165) is 23.4 Å². The molecule has 3 aromatic rings. The van der Waals surface area contributed by atoms with Gasteiger partial charge in [-0.3, -0.25) is 4.79 Å². The van der Waals surface area contributed by atoms with E-state index in [1.54, 1.807) is 11.3 Å². The Hall–Kier alpha value is -2.59. The summed E-state index contributed by atoms with van der Waals surface area (Å²) in [6, 6.07) is 20.5. The van der Waals surface area contributed by atoms with Gasteiger partial charge in [-0.1, -0.05) is 42.5 Å². The molecule has 4 rings (SSSR count). The summed E-state index contributed by atoms with van der Waals surface area (Å²) in [5, 5.41) is 4.97. The highest BCUT2D eigenvalue weighted by Crippen LogP contribution is 2.40. The zero-order chi connectivity index (χ0) is 17.1. The summed E-state index contributed by atoms with van der Waals surface area (Å²) in [5.74, 6) is 1.09. The van der Waals surface area contributed by atoms with Gasteiger partial charge in [-0.05, 0) is 34.7 Å². The van der Waals surface area contributed by atoms with Gasteiger partial charge in [-0.2, -0.15) is 0 Å². The van der Waals surface area contributed by atoms with Crippen molar-refractivity contribution in [3.8, 4) is 5.75 Å². The maximum absolute atomic E-state index is 11.9. The third kappa shape index (κ3) is 3.59. The largest absolute Gasteiger partial charge is 0.493 e. The Morgan fingerprint density at radius 1 is 1.04 bits per heavy atom. The van der Waals surface area contributed by atoms with Crippen LogP contribution in [0, 0.1) is 0 Å². The lowest BCUT2D eigenvalue weighted by atomic mass is 9.91. The summed E-state index contributed by atoms with van der Waals surface area (Å²) < 4.78 is 5.85. The van der Waals surface area contributed by atoms with Gasteiger partial charge in [0.1, 0.15) is 5.75 Å². The van der Waals surface area contributed by atoms with Gasteiger partial charge in [0.25, 0.3) is 0 Å². The van der Waals surface area contributed by atoms with Crippen molar-refractivity contribution in [3.63, 3.8) is 0 Å². The van der Waals surface area contributed by atoms with E-state index in [1.807, 2.05) is 41.8 Å². The third-order valence-corrected chi connectivity index (χ3v) is 5.49. The van der Waals surface area contributed by atoms with Crippen molar-refractivity contribution >= 4 is 22.9 Å². The summed E-state index contributed by atoms with van der Waals surface area (Å²) in [7, 11) is 0. The molecule has 0 unspecified atom stereocenters. The minimum atomic E-state index is 0.0825. The van der Waals surface area contributed by atoms with Gasteiger partial charge in [0, 0.05) is 23.6 Å². The average molecular weight is 349 g/mol. The van der Waals surface area contributed by atoms with E-state index in [-0.39, 0.29) is 11.8 Å². The monoisotopic (exact) mass is 349 g/mol. The topological polar surface area (TPSA) is 38.3 Å². The molecule has 1 aliphatic rings. The molecular weight excluding hydrogens is 330 g/mol. The highest BCUT2D eigenvalue weighted by atomic mass is 32.1. The summed E-state index contributed by atoms with van der Waals surface area (Å²) in [6.45, 7) is 0.657. The molecule has 0 saturated carbocycles. The lowest BCUT2D eigenvalue weighted by molar-refractivity contribution is -0.116. The maximum atomic E-state index is 11.9. The highest BCUT2D eigenvalue weighted by Gasteiger charge is 2.27. The van der Waals surface area contributed by atoms with Crippen LogP contribution in [0.2, 0.25) is 0 Å². The SMILES string of the molecule is O=C1C[C@@H](c2ccc(OCCc3ccccc3)cc2)c2sccc2N1. The van der Waals surface area contributed by atoms with E-state index in [1.165, 1.54) is 10.4 Å². The van der Waals surface area contributed by atoms with Gasteiger partial charge in [0.2, 0.25) is 5.91 Å². The fourth-order valence-corrected chi connectivity index (χ4v) is 4.15. The summed E-state index contributed by atoms with van der Waals surface area (Å²) in [4.78, 5) is 13.2. The molecule has 4 heteroatoms. The van der Waals surface area contributed by atoms with E-state index < -0.39 is 0 Å². The van der Waals surface area contributed by atoms with Crippen LogP contribution >= 0.6 is 11.3 Å². The number of hydrogen-bond donors (Lipinski definition) is 1. The molecule has 2 aromatic carbocycles. The van der Waals surface area contributed by atoms with Crippen molar-refractivity contribution in [1.29, 1.82) is 0 Å². The molecule has 1 aliphatic heterocycles. The lowest BCUT2D eigenvalue weighted by Crippen LogP contribution is -2.21. The first kappa shape index (κ1) is 15.9. The Morgan fingerprint density at radius 2 is 1.84 bits per heavy atom. The van der Waals surface area contributed by atoms with Crippen LogP contribution in [0.1, 0.15) is 28.3 Å². The van der Waals surface area contributed by atoms with Crippen molar-refractivity contribution in [2.75, 3.05) is 11.9 Å². The maximum Gasteiger partial charge on any atom is 0.225 e. The van der Waals surface area contributed by atoms with Crippen LogP contribution in [0.3, 0.4) is 0 Å². The van der Waals surface area contributed by atoms with E-state index >= 15 is 0 Å². The summed E-state index contributed by atoms with van der Waals surface area (Å²) in [5.41, 5.74) is 3.39. The predicted molar refractivity (Wildman–Crippen MR) is 101 cm³/mol. The number of rotatable bonds is 5. The van der Waals surface area contributed by atoms with Crippen molar-refractivity contribution in [1.82, 2.24) is 0 Å². The Labute approximate surface area is 151 Å². The number of benzene rings is 2. The smallest absolute Gasteiger partial charge is 0.225 e. The zero-order valence-electron chi connectivity index (χ0n) is 13.8. The first-order valence-corrected chi connectivity index (χ1v) is 9.31. The molecule has 1 atom stereocenters.